The highest BCUT2D eigenvalue weighted by Crippen LogP contribution is 2.42. The minimum absolute atomic E-state index is 0.0394. The number of amides is 1. The Morgan fingerprint density at radius 1 is 1.23 bits per heavy atom. The first kappa shape index (κ1) is 20.2. The Labute approximate surface area is 181 Å². The molecular weight excluding hydrogens is 396 g/mol. The van der Waals surface area contributed by atoms with E-state index in [2.05, 4.69) is 10.00 Å². The molecule has 0 aliphatic carbocycles. The first-order chi connectivity index (χ1) is 15.1. The Morgan fingerprint density at radius 2 is 2.10 bits per heavy atom. The maximum atomic E-state index is 13.7. The van der Waals surface area contributed by atoms with Gasteiger partial charge in [0.15, 0.2) is 5.82 Å². The summed E-state index contributed by atoms with van der Waals surface area (Å²) in [4.78, 5) is 35.5. The van der Waals surface area contributed by atoms with Gasteiger partial charge in [0.25, 0.3) is 5.56 Å². The fourth-order valence-corrected chi connectivity index (χ4v) is 5.42. The van der Waals surface area contributed by atoms with E-state index in [1.54, 1.807) is 10.6 Å². The predicted octanol–water partition coefficient (Wildman–Crippen LogP) is 0.953. The second kappa shape index (κ2) is 8.11. The van der Waals surface area contributed by atoms with Crippen molar-refractivity contribution < 1.29 is 9.53 Å². The van der Waals surface area contributed by atoms with Crippen LogP contribution in [0.3, 0.4) is 0 Å². The van der Waals surface area contributed by atoms with Crippen LogP contribution >= 0.6 is 0 Å². The van der Waals surface area contributed by atoms with Gasteiger partial charge in [-0.3, -0.25) is 14.2 Å². The van der Waals surface area contributed by atoms with E-state index in [9.17, 15) is 9.59 Å². The van der Waals surface area contributed by atoms with Gasteiger partial charge in [-0.1, -0.05) is 13.0 Å². The number of anilines is 1. The van der Waals surface area contributed by atoms with E-state index in [0.717, 1.165) is 43.3 Å². The summed E-state index contributed by atoms with van der Waals surface area (Å²) < 4.78 is 9.16. The molecule has 0 spiro atoms. The third-order valence-electron chi connectivity index (χ3n) is 6.82. The zero-order valence-electron chi connectivity index (χ0n) is 18.2. The Bertz CT molecular complexity index is 1020. The van der Waals surface area contributed by atoms with E-state index in [1.165, 1.54) is 0 Å². The van der Waals surface area contributed by atoms with Crippen LogP contribution in [0.1, 0.15) is 43.2 Å². The number of carbonyl (C=O) groups is 1. The number of aryl methyl sites for hydroxylation is 2. The molecule has 0 radical (unpaired) electrons. The lowest BCUT2D eigenvalue weighted by Crippen LogP contribution is -2.54. The van der Waals surface area contributed by atoms with Gasteiger partial charge >= 0.3 is 0 Å². The van der Waals surface area contributed by atoms with Crippen molar-refractivity contribution in [3.8, 4) is 0 Å². The smallest absolute Gasteiger partial charge is 0.251 e. The number of hydrogen-bond acceptors (Lipinski definition) is 6. The summed E-state index contributed by atoms with van der Waals surface area (Å²) in [6.07, 6.45) is 2.51. The van der Waals surface area contributed by atoms with Crippen molar-refractivity contribution >= 4 is 11.9 Å². The van der Waals surface area contributed by atoms with Gasteiger partial charge in [0.2, 0.25) is 11.9 Å². The first-order valence-corrected chi connectivity index (χ1v) is 11.3. The fourth-order valence-electron chi connectivity index (χ4n) is 5.42. The van der Waals surface area contributed by atoms with Crippen LogP contribution in [0.5, 0.6) is 0 Å². The number of piperidine rings is 1. The quantitative estimate of drug-likeness (QED) is 0.727. The van der Waals surface area contributed by atoms with Crippen molar-refractivity contribution in [1.29, 1.82) is 0 Å². The zero-order chi connectivity index (χ0) is 21.5. The molecule has 0 unspecified atom stereocenters. The number of rotatable bonds is 3. The molecule has 2 aromatic heterocycles. The molecule has 2 aromatic rings. The van der Waals surface area contributed by atoms with Gasteiger partial charge in [0.1, 0.15) is 6.04 Å². The lowest BCUT2D eigenvalue weighted by Gasteiger charge is -2.47. The Morgan fingerprint density at radius 3 is 2.90 bits per heavy atom. The monoisotopic (exact) mass is 426 g/mol. The minimum Gasteiger partial charge on any atom is -0.380 e. The predicted molar refractivity (Wildman–Crippen MR) is 115 cm³/mol. The van der Waals surface area contributed by atoms with Gasteiger partial charge in [0, 0.05) is 69.9 Å². The molecule has 0 saturated carbocycles. The van der Waals surface area contributed by atoms with Crippen molar-refractivity contribution in [1.82, 2.24) is 24.2 Å². The molecule has 9 nitrogen and oxygen atoms in total. The number of carbonyl (C=O) groups excluding carboxylic acids is 1. The molecule has 2 saturated heterocycles. The molecule has 31 heavy (non-hydrogen) atoms. The van der Waals surface area contributed by atoms with Crippen molar-refractivity contribution in [3.63, 3.8) is 0 Å². The molecule has 3 aliphatic rings. The standard InChI is InChI=1S/C22H30N6O3/c1-3-18-23-22(25(2)24-18)27-13-15-12-16(14-27)20(28-17(15)6-4-7-19(28)29)21(30)26-8-5-10-31-11-9-26/h4,6-7,15-16,20H,3,5,8-14H2,1-2H3/t15-,16+,20-/m1/s1. The number of aromatic nitrogens is 4. The van der Waals surface area contributed by atoms with Crippen molar-refractivity contribution in [2.45, 2.75) is 38.1 Å². The summed E-state index contributed by atoms with van der Waals surface area (Å²) >= 11 is 0. The van der Waals surface area contributed by atoms with Gasteiger partial charge in [0.05, 0.1) is 6.61 Å². The molecule has 2 fully saturated rings. The van der Waals surface area contributed by atoms with E-state index in [4.69, 9.17) is 9.72 Å². The number of hydrogen-bond donors (Lipinski definition) is 0. The summed E-state index contributed by atoms with van der Waals surface area (Å²) in [5, 5.41) is 4.51. The Hall–Kier alpha value is -2.68. The number of nitrogens with zero attached hydrogens (tertiary/aromatic N) is 6. The lowest BCUT2D eigenvalue weighted by atomic mass is 9.78. The first-order valence-electron chi connectivity index (χ1n) is 11.3. The average molecular weight is 427 g/mol. The second-order valence-electron chi connectivity index (χ2n) is 8.80. The van der Waals surface area contributed by atoms with Crippen LogP contribution in [-0.4, -0.2) is 69.5 Å². The minimum atomic E-state index is -0.486. The van der Waals surface area contributed by atoms with Gasteiger partial charge in [-0.15, -0.1) is 0 Å². The number of ether oxygens (including phenoxy) is 1. The molecule has 0 aromatic carbocycles. The summed E-state index contributed by atoms with van der Waals surface area (Å²) in [6, 6.07) is 4.90. The third kappa shape index (κ3) is 3.54. The van der Waals surface area contributed by atoms with Crippen LogP contribution in [-0.2, 0) is 23.0 Å². The van der Waals surface area contributed by atoms with Crippen LogP contribution in [0.15, 0.2) is 23.0 Å². The summed E-state index contributed by atoms with van der Waals surface area (Å²) in [5.74, 6) is 1.93. The van der Waals surface area contributed by atoms with Crippen molar-refractivity contribution in [2.24, 2.45) is 13.0 Å². The summed E-state index contributed by atoms with van der Waals surface area (Å²) in [6.45, 7) is 5.99. The molecule has 5 rings (SSSR count). The highest BCUT2D eigenvalue weighted by molar-refractivity contribution is 5.81. The van der Waals surface area contributed by atoms with Crippen LogP contribution in [0.2, 0.25) is 0 Å². The molecule has 3 atom stereocenters. The SMILES string of the molecule is CCc1nc(N2C[C@H]3C[C@@H](C2)[C@H](C(=O)N2CCCOCC2)n2c3cccc2=O)n(C)n1. The van der Waals surface area contributed by atoms with Crippen molar-refractivity contribution in [3.05, 3.63) is 40.1 Å². The van der Waals surface area contributed by atoms with E-state index >= 15 is 0 Å². The van der Waals surface area contributed by atoms with Crippen LogP contribution in [0.25, 0.3) is 0 Å². The Kier molecular flexibility index (Phi) is 5.29. The lowest BCUT2D eigenvalue weighted by molar-refractivity contribution is -0.137. The van der Waals surface area contributed by atoms with E-state index in [-0.39, 0.29) is 23.3 Å². The normalized spacial score (nSPS) is 25.8. The fraction of sp³-hybridized carbons (Fsp3) is 0.636. The van der Waals surface area contributed by atoms with Crippen LogP contribution in [0, 0.1) is 5.92 Å². The summed E-state index contributed by atoms with van der Waals surface area (Å²) in [7, 11) is 1.92. The second-order valence-corrected chi connectivity index (χ2v) is 8.80. The average Bonchev–Trinajstić information content (AvgIpc) is 2.96. The molecular formula is C22H30N6O3. The highest BCUT2D eigenvalue weighted by Gasteiger charge is 2.45. The molecule has 2 bridgehead atoms. The maximum Gasteiger partial charge on any atom is 0.251 e. The zero-order valence-corrected chi connectivity index (χ0v) is 18.2. The highest BCUT2D eigenvalue weighted by atomic mass is 16.5. The Balaban J connectivity index is 1.53. The molecule has 3 aliphatic heterocycles. The largest absolute Gasteiger partial charge is 0.380 e. The van der Waals surface area contributed by atoms with Crippen LogP contribution in [0.4, 0.5) is 5.95 Å². The molecule has 0 N–H and O–H groups in total. The van der Waals surface area contributed by atoms with E-state index in [1.807, 2.05) is 35.7 Å². The maximum absolute atomic E-state index is 13.7. The van der Waals surface area contributed by atoms with E-state index in [0.29, 0.717) is 32.8 Å². The molecule has 1 amide bonds. The van der Waals surface area contributed by atoms with Crippen LogP contribution < -0.4 is 10.5 Å². The third-order valence-corrected chi connectivity index (χ3v) is 6.82. The topological polar surface area (TPSA) is 85.5 Å². The van der Waals surface area contributed by atoms with Gasteiger partial charge < -0.3 is 14.5 Å². The van der Waals surface area contributed by atoms with Crippen molar-refractivity contribution in [2.75, 3.05) is 44.3 Å². The van der Waals surface area contributed by atoms with Gasteiger partial charge in [-0.2, -0.15) is 10.1 Å². The summed E-state index contributed by atoms with van der Waals surface area (Å²) in [5.41, 5.74) is 0.868. The molecule has 5 heterocycles. The van der Waals surface area contributed by atoms with Gasteiger partial charge in [-0.25, -0.2) is 4.68 Å². The number of fused-ring (bicyclic) bond motifs is 4. The number of pyridine rings is 1. The molecule has 9 heteroatoms. The molecule has 166 valence electrons. The van der Waals surface area contributed by atoms with E-state index < -0.39 is 6.04 Å². The van der Waals surface area contributed by atoms with Gasteiger partial charge in [-0.05, 0) is 18.9 Å².